The van der Waals surface area contributed by atoms with Crippen molar-refractivity contribution in [3.63, 3.8) is 0 Å². The first kappa shape index (κ1) is 10.8. The molecule has 0 aliphatic heterocycles. The lowest BCUT2D eigenvalue weighted by Crippen LogP contribution is -2.01. The third-order valence-electron chi connectivity index (χ3n) is 2.44. The van der Waals surface area contributed by atoms with Crippen LogP contribution < -0.4 is 0 Å². The van der Waals surface area contributed by atoms with Gasteiger partial charge in [-0.3, -0.25) is 0 Å². The SMILES string of the molecule is OC(CCc1ncccn1)c1ccccc1. The first-order chi connectivity index (χ1) is 7.86. The summed E-state index contributed by atoms with van der Waals surface area (Å²) in [5, 5.41) is 9.93. The number of aliphatic hydroxyl groups is 1. The van der Waals surface area contributed by atoms with Crippen LogP contribution in [0.2, 0.25) is 0 Å². The normalized spacial score (nSPS) is 12.3. The summed E-state index contributed by atoms with van der Waals surface area (Å²) in [4.78, 5) is 8.24. The molecule has 1 atom stereocenters. The molecule has 3 nitrogen and oxygen atoms in total. The zero-order valence-corrected chi connectivity index (χ0v) is 8.95. The Morgan fingerprint density at radius 1 is 1.00 bits per heavy atom. The van der Waals surface area contributed by atoms with Gasteiger partial charge in [0.05, 0.1) is 6.10 Å². The van der Waals surface area contributed by atoms with E-state index in [0.29, 0.717) is 12.8 Å². The molecule has 0 bridgehead atoms. The molecule has 0 spiro atoms. The summed E-state index contributed by atoms with van der Waals surface area (Å²) in [5.41, 5.74) is 0.943. The Bertz CT molecular complexity index is 416. The summed E-state index contributed by atoms with van der Waals surface area (Å²) in [5.74, 6) is 0.775. The number of aryl methyl sites for hydroxylation is 1. The summed E-state index contributed by atoms with van der Waals surface area (Å²) < 4.78 is 0. The van der Waals surface area contributed by atoms with Crippen molar-refractivity contribution in [2.24, 2.45) is 0 Å². The van der Waals surface area contributed by atoms with E-state index < -0.39 is 6.10 Å². The molecule has 0 fully saturated rings. The molecule has 1 heterocycles. The maximum Gasteiger partial charge on any atom is 0.128 e. The number of aromatic nitrogens is 2. The van der Waals surface area contributed by atoms with Crippen LogP contribution in [-0.2, 0) is 6.42 Å². The van der Waals surface area contributed by atoms with Crippen molar-refractivity contribution in [3.8, 4) is 0 Å². The number of hydrogen-bond acceptors (Lipinski definition) is 3. The van der Waals surface area contributed by atoms with E-state index in [0.717, 1.165) is 11.4 Å². The quantitative estimate of drug-likeness (QED) is 0.848. The van der Waals surface area contributed by atoms with Crippen molar-refractivity contribution in [3.05, 3.63) is 60.2 Å². The highest BCUT2D eigenvalue weighted by atomic mass is 16.3. The highest BCUT2D eigenvalue weighted by Crippen LogP contribution is 2.17. The van der Waals surface area contributed by atoms with Crippen LogP contribution >= 0.6 is 0 Å². The second kappa shape index (κ2) is 5.37. The fourth-order valence-corrected chi connectivity index (χ4v) is 1.57. The Hall–Kier alpha value is -1.74. The lowest BCUT2D eigenvalue weighted by atomic mass is 10.1. The van der Waals surface area contributed by atoms with Crippen LogP contribution in [0.15, 0.2) is 48.8 Å². The summed E-state index contributed by atoms with van der Waals surface area (Å²) in [6.07, 6.45) is 4.34. The summed E-state index contributed by atoms with van der Waals surface area (Å²) >= 11 is 0. The minimum atomic E-state index is -0.440. The third-order valence-corrected chi connectivity index (χ3v) is 2.44. The molecule has 1 N–H and O–H groups in total. The van der Waals surface area contributed by atoms with Gasteiger partial charge in [-0.25, -0.2) is 9.97 Å². The van der Waals surface area contributed by atoms with Gasteiger partial charge in [-0.15, -0.1) is 0 Å². The predicted octanol–water partition coefficient (Wildman–Crippen LogP) is 2.14. The number of rotatable bonds is 4. The predicted molar refractivity (Wildman–Crippen MR) is 61.8 cm³/mol. The molecule has 3 heteroatoms. The molecule has 0 saturated heterocycles. The lowest BCUT2D eigenvalue weighted by molar-refractivity contribution is 0.167. The lowest BCUT2D eigenvalue weighted by Gasteiger charge is -2.09. The maximum atomic E-state index is 9.93. The fourth-order valence-electron chi connectivity index (χ4n) is 1.57. The van der Waals surface area contributed by atoms with Crippen molar-refractivity contribution >= 4 is 0 Å². The topological polar surface area (TPSA) is 46.0 Å². The van der Waals surface area contributed by atoms with Gasteiger partial charge >= 0.3 is 0 Å². The fraction of sp³-hybridized carbons (Fsp3) is 0.231. The average Bonchev–Trinajstić information content (AvgIpc) is 2.38. The average molecular weight is 214 g/mol. The molecule has 0 aliphatic rings. The second-order valence-electron chi connectivity index (χ2n) is 3.63. The molecular weight excluding hydrogens is 200 g/mol. The number of aliphatic hydroxyl groups excluding tert-OH is 1. The monoisotopic (exact) mass is 214 g/mol. The first-order valence-electron chi connectivity index (χ1n) is 5.35. The van der Waals surface area contributed by atoms with Gasteiger partial charge < -0.3 is 5.11 Å². The molecule has 0 radical (unpaired) electrons. The third kappa shape index (κ3) is 2.87. The highest BCUT2D eigenvalue weighted by Gasteiger charge is 2.07. The molecule has 2 aromatic rings. The van der Waals surface area contributed by atoms with Gasteiger partial charge in [-0.1, -0.05) is 30.3 Å². The van der Waals surface area contributed by atoms with Crippen molar-refractivity contribution in [2.45, 2.75) is 18.9 Å². The van der Waals surface area contributed by atoms with Crippen molar-refractivity contribution in [2.75, 3.05) is 0 Å². The Morgan fingerprint density at radius 2 is 1.69 bits per heavy atom. The van der Waals surface area contributed by atoms with E-state index in [1.54, 1.807) is 18.5 Å². The number of benzene rings is 1. The standard InChI is InChI=1S/C13H14N2O/c16-12(11-5-2-1-3-6-11)7-8-13-14-9-4-10-15-13/h1-6,9-10,12,16H,7-8H2. The molecule has 2 rings (SSSR count). The second-order valence-corrected chi connectivity index (χ2v) is 3.63. The van der Waals surface area contributed by atoms with E-state index in [4.69, 9.17) is 0 Å². The molecule has 16 heavy (non-hydrogen) atoms. The van der Waals surface area contributed by atoms with Crippen LogP contribution in [0.1, 0.15) is 23.9 Å². The van der Waals surface area contributed by atoms with E-state index >= 15 is 0 Å². The van der Waals surface area contributed by atoms with Crippen molar-refractivity contribution < 1.29 is 5.11 Å². The highest BCUT2D eigenvalue weighted by molar-refractivity contribution is 5.17. The molecule has 1 aromatic heterocycles. The summed E-state index contributed by atoms with van der Waals surface area (Å²) in [6, 6.07) is 11.4. The summed E-state index contributed by atoms with van der Waals surface area (Å²) in [6.45, 7) is 0. The van der Waals surface area contributed by atoms with Crippen molar-refractivity contribution in [1.29, 1.82) is 0 Å². The van der Waals surface area contributed by atoms with Gasteiger partial charge in [0.2, 0.25) is 0 Å². The van der Waals surface area contributed by atoms with Gasteiger partial charge in [0.25, 0.3) is 0 Å². The van der Waals surface area contributed by atoms with Gasteiger partial charge in [-0.2, -0.15) is 0 Å². The van der Waals surface area contributed by atoms with E-state index in [9.17, 15) is 5.11 Å². The van der Waals surface area contributed by atoms with Crippen LogP contribution in [0, 0.1) is 0 Å². The number of hydrogen-bond donors (Lipinski definition) is 1. The first-order valence-corrected chi connectivity index (χ1v) is 5.35. The molecule has 82 valence electrons. The van der Waals surface area contributed by atoms with Gasteiger partial charge in [0.1, 0.15) is 5.82 Å². The Balaban J connectivity index is 1.92. The Labute approximate surface area is 94.8 Å². The van der Waals surface area contributed by atoms with Crippen LogP contribution in [0.25, 0.3) is 0 Å². The molecule has 0 aliphatic carbocycles. The van der Waals surface area contributed by atoms with Crippen LogP contribution in [0.5, 0.6) is 0 Å². The van der Waals surface area contributed by atoms with Gasteiger partial charge in [-0.05, 0) is 18.1 Å². The largest absolute Gasteiger partial charge is 0.388 e. The van der Waals surface area contributed by atoms with E-state index in [-0.39, 0.29) is 0 Å². The summed E-state index contributed by atoms with van der Waals surface area (Å²) in [7, 11) is 0. The molecule has 0 amide bonds. The smallest absolute Gasteiger partial charge is 0.128 e. The Morgan fingerprint density at radius 3 is 2.38 bits per heavy atom. The number of nitrogens with zero attached hydrogens (tertiary/aromatic N) is 2. The van der Waals surface area contributed by atoms with E-state index in [1.807, 2.05) is 30.3 Å². The minimum Gasteiger partial charge on any atom is -0.388 e. The molecule has 1 unspecified atom stereocenters. The molecule has 1 aromatic carbocycles. The zero-order chi connectivity index (χ0) is 11.2. The van der Waals surface area contributed by atoms with Gasteiger partial charge in [0.15, 0.2) is 0 Å². The van der Waals surface area contributed by atoms with E-state index in [1.165, 1.54) is 0 Å². The van der Waals surface area contributed by atoms with Crippen LogP contribution in [-0.4, -0.2) is 15.1 Å². The minimum absolute atomic E-state index is 0.440. The molecule has 0 saturated carbocycles. The van der Waals surface area contributed by atoms with Crippen LogP contribution in [0.4, 0.5) is 0 Å². The van der Waals surface area contributed by atoms with Gasteiger partial charge in [0, 0.05) is 18.8 Å². The van der Waals surface area contributed by atoms with Crippen molar-refractivity contribution in [1.82, 2.24) is 9.97 Å². The zero-order valence-electron chi connectivity index (χ0n) is 8.95. The van der Waals surface area contributed by atoms with E-state index in [2.05, 4.69) is 9.97 Å². The Kier molecular flexibility index (Phi) is 3.62. The maximum absolute atomic E-state index is 9.93. The van der Waals surface area contributed by atoms with Crippen LogP contribution in [0.3, 0.4) is 0 Å². The molecular formula is C13H14N2O.